The third-order valence-corrected chi connectivity index (χ3v) is 3.72. The molecule has 21 heavy (non-hydrogen) atoms. The summed E-state index contributed by atoms with van der Waals surface area (Å²) >= 11 is 0. The molecule has 0 spiro atoms. The molecule has 3 rings (SSSR count). The fourth-order valence-corrected chi connectivity index (χ4v) is 2.33. The first-order chi connectivity index (χ1) is 10.2. The number of rotatable bonds is 3. The molecule has 0 atom stereocenters. The van der Waals surface area contributed by atoms with Crippen LogP contribution >= 0.6 is 0 Å². The number of carbonyl (C=O) groups is 2. The van der Waals surface area contributed by atoms with Gasteiger partial charge in [-0.3, -0.25) is 25.4 Å². The Bertz CT molecular complexity index is 652. The second kappa shape index (κ2) is 5.36. The van der Waals surface area contributed by atoms with Gasteiger partial charge in [0.1, 0.15) is 0 Å². The summed E-state index contributed by atoms with van der Waals surface area (Å²) in [5.74, 6) is -0.550. The summed E-state index contributed by atoms with van der Waals surface area (Å²) in [5, 5.41) is 0. The normalized spacial score (nSPS) is 15.0. The van der Waals surface area contributed by atoms with E-state index in [0.29, 0.717) is 5.56 Å². The molecule has 2 N–H and O–H groups in total. The first-order valence-corrected chi connectivity index (χ1v) is 6.79. The summed E-state index contributed by atoms with van der Waals surface area (Å²) in [6.07, 6.45) is 4.63. The van der Waals surface area contributed by atoms with E-state index in [4.69, 9.17) is 0 Å². The third kappa shape index (κ3) is 2.63. The maximum Gasteiger partial charge on any atom is 0.271 e. The van der Waals surface area contributed by atoms with Crippen LogP contribution in [0.4, 0.5) is 0 Å². The minimum Gasteiger partial charge on any atom is -0.272 e. The van der Waals surface area contributed by atoms with Crippen molar-refractivity contribution in [3.05, 3.63) is 66.0 Å². The van der Waals surface area contributed by atoms with Crippen molar-refractivity contribution in [1.29, 1.82) is 0 Å². The number of amides is 2. The van der Waals surface area contributed by atoms with Gasteiger partial charge in [-0.15, -0.1) is 0 Å². The Hall–Kier alpha value is -2.69. The first kappa shape index (κ1) is 13.3. The fraction of sp³-hybridized carbons (Fsp3) is 0.188. The van der Waals surface area contributed by atoms with Gasteiger partial charge in [0, 0.05) is 12.4 Å². The second-order valence-electron chi connectivity index (χ2n) is 5.10. The fourth-order valence-electron chi connectivity index (χ4n) is 2.33. The van der Waals surface area contributed by atoms with Gasteiger partial charge in [0.15, 0.2) is 0 Å². The third-order valence-electron chi connectivity index (χ3n) is 3.72. The Kier molecular flexibility index (Phi) is 3.39. The van der Waals surface area contributed by atoms with E-state index in [0.717, 1.165) is 18.4 Å². The number of aromatic nitrogens is 1. The highest BCUT2D eigenvalue weighted by Crippen LogP contribution is 2.48. The topological polar surface area (TPSA) is 71.1 Å². The van der Waals surface area contributed by atoms with Gasteiger partial charge in [0.25, 0.3) is 5.91 Å². The van der Waals surface area contributed by atoms with Crippen molar-refractivity contribution >= 4 is 11.8 Å². The molecule has 1 aromatic carbocycles. The van der Waals surface area contributed by atoms with Gasteiger partial charge in [-0.25, -0.2) is 0 Å². The summed E-state index contributed by atoms with van der Waals surface area (Å²) in [5.41, 5.74) is 5.84. The van der Waals surface area contributed by atoms with Crippen LogP contribution in [0.1, 0.15) is 28.8 Å². The van der Waals surface area contributed by atoms with Crippen LogP contribution in [0, 0.1) is 0 Å². The number of carbonyl (C=O) groups excluding carboxylic acids is 2. The van der Waals surface area contributed by atoms with Crippen LogP contribution in [0.25, 0.3) is 0 Å². The lowest BCUT2D eigenvalue weighted by molar-refractivity contribution is -0.124. The summed E-state index contributed by atoms with van der Waals surface area (Å²) in [6.45, 7) is 0. The molecule has 1 heterocycles. The molecule has 5 heteroatoms. The van der Waals surface area contributed by atoms with E-state index in [1.165, 1.54) is 6.20 Å². The lowest BCUT2D eigenvalue weighted by Gasteiger charge is -2.16. The van der Waals surface area contributed by atoms with Crippen LogP contribution in [-0.4, -0.2) is 16.8 Å². The number of pyridine rings is 1. The summed E-state index contributed by atoms with van der Waals surface area (Å²) < 4.78 is 0. The average molecular weight is 281 g/mol. The second-order valence-corrected chi connectivity index (χ2v) is 5.10. The molecule has 0 saturated heterocycles. The minimum absolute atomic E-state index is 0.175. The van der Waals surface area contributed by atoms with Crippen LogP contribution in [0.3, 0.4) is 0 Å². The van der Waals surface area contributed by atoms with Crippen molar-refractivity contribution in [2.45, 2.75) is 18.3 Å². The Morgan fingerprint density at radius 1 is 1.00 bits per heavy atom. The van der Waals surface area contributed by atoms with Gasteiger partial charge in [0.05, 0.1) is 11.0 Å². The van der Waals surface area contributed by atoms with Crippen molar-refractivity contribution in [3.8, 4) is 0 Å². The molecular weight excluding hydrogens is 266 g/mol. The lowest BCUT2D eigenvalue weighted by Crippen LogP contribution is -2.46. The molecule has 5 nitrogen and oxygen atoms in total. The van der Waals surface area contributed by atoms with E-state index in [9.17, 15) is 9.59 Å². The predicted molar refractivity (Wildman–Crippen MR) is 77.2 cm³/mol. The minimum atomic E-state index is -0.497. The number of hydrogen-bond acceptors (Lipinski definition) is 3. The van der Waals surface area contributed by atoms with Gasteiger partial charge >= 0.3 is 0 Å². The number of nitrogens with zero attached hydrogens (tertiary/aromatic N) is 1. The Morgan fingerprint density at radius 3 is 2.38 bits per heavy atom. The van der Waals surface area contributed by atoms with E-state index in [2.05, 4.69) is 15.8 Å². The first-order valence-electron chi connectivity index (χ1n) is 6.79. The molecule has 1 aliphatic rings. The summed E-state index contributed by atoms with van der Waals surface area (Å²) in [4.78, 5) is 28.1. The predicted octanol–water partition coefficient (Wildman–Crippen LogP) is 1.57. The SMILES string of the molecule is O=C(NNC(=O)C1(c2ccccc2)CC1)c1cccnc1. The van der Waals surface area contributed by atoms with Crippen molar-refractivity contribution in [1.82, 2.24) is 15.8 Å². The van der Waals surface area contributed by atoms with E-state index in [1.807, 2.05) is 30.3 Å². The molecule has 1 aliphatic carbocycles. The molecule has 0 unspecified atom stereocenters. The highest BCUT2D eigenvalue weighted by molar-refractivity contribution is 5.97. The molecule has 106 valence electrons. The van der Waals surface area contributed by atoms with Crippen molar-refractivity contribution in [2.75, 3.05) is 0 Å². The molecule has 0 aliphatic heterocycles. The molecule has 1 fully saturated rings. The molecule has 1 saturated carbocycles. The summed E-state index contributed by atoms with van der Waals surface area (Å²) in [6, 6.07) is 12.9. The standard InChI is InChI=1S/C16H15N3O2/c20-14(12-5-4-10-17-11-12)18-19-15(21)16(8-9-16)13-6-2-1-3-7-13/h1-7,10-11H,8-9H2,(H,18,20)(H,19,21). The van der Waals surface area contributed by atoms with Gasteiger partial charge in [-0.1, -0.05) is 30.3 Å². The van der Waals surface area contributed by atoms with Crippen LogP contribution in [0.2, 0.25) is 0 Å². The Morgan fingerprint density at radius 2 is 1.76 bits per heavy atom. The maximum atomic E-state index is 12.3. The maximum absolute atomic E-state index is 12.3. The smallest absolute Gasteiger partial charge is 0.271 e. The van der Waals surface area contributed by atoms with Gasteiger partial charge < -0.3 is 0 Å². The lowest BCUT2D eigenvalue weighted by atomic mass is 9.95. The zero-order chi connectivity index (χ0) is 14.7. The number of nitrogens with one attached hydrogen (secondary N) is 2. The Labute approximate surface area is 122 Å². The molecule has 0 radical (unpaired) electrons. The van der Waals surface area contributed by atoms with Gasteiger partial charge in [-0.2, -0.15) is 0 Å². The zero-order valence-corrected chi connectivity index (χ0v) is 11.4. The highest BCUT2D eigenvalue weighted by Gasteiger charge is 2.51. The van der Waals surface area contributed by atoms with Crippen LogP contribution < -0.4 is 10.9 Å². The Balaban J connectivity index is 1.64. The quantitative estimate of drug-likeness (QED) is 0.839. The molecule has 1 aromatic heterocycles. The van der Waals surface area contributed by atoms with E-state index < -0.39 is 5.41 Å². The van der Waals surface area contributed by atoms with E-state index in [1.54, 1.807) is 18.3 Å². The van der Waals surface area contributed by atoms with Gasteiger partial charge in [0.2, 0.25) is 5.91 Å². The monoisotopic (exact) mass is 281 g/mol. The average Bonchev–Trinajstić information content (AvgIpc) is 3.36. The highest BCUT2D eigenvalue weighted by atomic mass is 16.2. The van der Waals surface area contributed by atoms with E-state index >= 15 is 0 Å². The van der Waals surface area contributed by atoms with Crippen molar-refractivity contribution in [2.24, 2.45) is 0 Å². The number of hydrogen-bond donors (Lipinski definition) is 2. The largest absolute Gasteiger partial charge is 0.272 e. The molecular formula is C16H15N3O2. The number of hydrazine groups is 1. The van der Waals surface area contributed by atoms with Crippen LogP contribution in [0.5, 0.6) is 0 Å². The molecule has 0 bridgehead atoms. The van der Waals surface area contributed by atoms with Crippen LogP contribution in [0.15, 0.2) is 54.9 Å². The number of benzene rings is 1. The van der Waals surface area contributed by atoms with Crippen molar-refractivity contribution < 1.29 is 9.59 Å². The molecule has 2 amide bonds. The van der Waals surface area contributed by atoms with Crippen LogP contribution in [-0.2, 0) is 10.2 Å². The van der Waals surface area contributed by atoms with E-state index in [-0.39, 0.29) is 11.8 Å². The zero-order valence-electron chi connectivity index (χ0n) is 11.4. The van der Waals surface area contributed by atoms with Gasteiger partial charge in [-0.05, 0) is 30.5 Å². The van der Waals surface area contributed by atoms with Crippen molar-refractivity contribution in [3.63, 3.8) is 0 Å². The molecule has 2 aromatic rings. The summed E-state index contributed by atoms with van der Waals surface area (Å²) in [7, 11) is 0.